The van der Waals surface area contributed by atoms with Crippen LogP contribution in [-0.4, -0.2) is 61.2 Å². The smallest absolute Gasteiger partial charge is 0.251 e. The van der Waals surface area contributed by atoms with E-state index in [4.69, 9.17) is 16.3 Å². The van der Waals surface area contributed by atoms with Crippen molar-refractivity contribution in [2.75, 3.05) is 43.1 Å². The van der Waals surface area contributed by atoms with Crippen molar-refractivity contribution in [1.82, 2.24) is 4.90 Å². The summed E-state index contributed by atoms with van der Waals surface area (Å²) in [5, 5.41) is 9.99. The lowest BCUT2D eigenvalue weighted by Crippen LogP contribution is -2.52. The number of piperazine rings is 1. The zero-order chi connectivity index (χ0) is 21.4. The highest BCUT2D eigenvalue weighted by Crippen LogP contribution is 2.37. The number of hydrogen-bond donors (Lipinski definition) is 1. The zero-order valence-electron chi connectivity index (χ0n) is 17.0. The summed E-state index contributed by atoms with van der Waals surface area (Å²) in [6.45, 7) is 4.67. The predicted molar refractivity (Wildman–Crippen MR) is 116 cm³/mol. The van der Waals surface area contributed by atoms with Gasteiger partial charge in [0.25, 0.3) is 5.91 Å². The molecule has 0 radical (unpaired) electrons. The Morgan fingerprint density at radius 1 is 1.07 bits per heavy atom. The van der Waals surface area contributed by atoms with Gasteiger partial charge >= 0.3 is 0 Å². The van der Waals surface area contributed by atoms with Gasteiger partial charge < -0.3 is 14.7 Å². The lowest BCUT2D eigenvalue weighted by atomic mass is 10.1. The van der Waals surface area contributed by atoms with Gasteiger partial charge in [-0.05, 0) is 42.8 Å². The molecular formula is C22H24ClN3O4. The van der Waals surface area contributed by atoms with Gasteiger partial charge in [-0.15, -0.1) is 0 Å². The fourth-order valence-corrected chi connectivity index (χ4v) is 4.25. The number of methoxy groups -OCH3 is 1. The maximum absolute atomic E-state index is 13.2. The molecule has 1 N–H and O–H groups in total. The number of phenols is 1. The number of carbonyl (C=O) groups excluding carboxylic acids is 2. The van der Waals surface area contributed by atoms with E-state index in [-0.39, 0.29) is 24.0 Å². The number of aryl methyl sites for hydroxylation is 1. The SMILES string of the molecule is COc1cc(Cl)c(C)cc1N1C(=O)C[C@H](N2CCN(c3ccc(O)cc3)CC2)C1=O. The molecule has 2 heterocycles. The van der Waals surface area contributed by atoms with Crippen molar-refractivity contribution in [2.24, 2.45) is 0 Å². The molecular weight excluding hydrogens is 406 g/mol. The number of anilines is 2. The standard InChI is InChI=1S/C22H24ClN3O4/c1-14-11-18(20(30-2)12-17(14)23)26-21(28)13-19(22(26)29)25-9-7-24(8-10-25)15-3-5-16(27)6-4-15/h3-6,11-12,19,27H,7-10,13H2,1-2H3/t19-/m0/s1. The number of aromatic hydroxyl groups is 1. The van der Waals surface area contributed by atoms with E-state index in [2.05, 4.69) is 9.80 Å². The number of nitrogens with zero attached hydrogens (tertiary/aromatic N) is 3. The zero-order valence-corrected chi connectivity index (χ0v) is 17.7. The van der Waals surface area contributed by atoms with Gasteiger partial charge in [-0.3, -0.25) is 14.5 Å². The van der Waals surface area contributed by atoms with E-state index < -0.39 is 6.04 Å². The number of hydrogen-bond acceptors (Lipinski definition) is 6. The summed E-state index contributed by atoms with van der Waals surface area (Å²) >= 11 is 6.17. The number of halogens is 1. The van der Waals surface area contributed by atoms with Crippen LogP contribution < -0.4 is 14.5 Å². The Morgan fingerprint density at radius 2 is 1.73 bits per heavy atom. The Morgan fingerprint density at radius 3 is 2.37 bits per heavy atom. The number of rotatable bonds is 4. The minimum atomic E-state index is -0.472. The minimum absolute atomic E-state index is 0.156. The molecule has 8 heteroatoms. The summed E-state index contributed by atoms with van der Waals surface area (Å²) in [5.74, 6) is 0.189. The summed E-state index contributed by atoms with van der Waals surface area (Å²) < 4.78 is 5.37. The molecule has 2 aliphatic rings. The summed E-state index contributed by atoms with van der Waals surface area (Å²) in [6.07, 6.45) is 0.156. The van der Waals surface area contributed by atoms with Gasteiger partial charge in [0.1, 0.15) is 11.5 Å². The first-order valence-corrected chi connectivity index (χ1v) is 10.3. The van der Waals surface area contributed by atoms with Crippen LogP contribution in [0, 0.1) is 6.92 Å². The van der Waals surface area contributed by atoms with Gasteiger partial charge in [-0.2, -0.15) is 0 Å². The molecule has 0 aliphatic carbocycles. The fourth-order valence-electron chi connectivity index (χ4n) is 4.10. The predicted octanol–water partition coefficient (Wildman–Crippen LogP) is 2.82. The molecule has 2 aromatic carbocycles. The minimum Gasteiger partial charge on any atom is -0.508 e. The second-order valence-corrected chi connectivity index (χ2v) is 8.01. The van der Waals surface area contributed by atoms with Crippen LogP contribution in [0.5, 0.6) is 11.5 Å². The first-order valence-electron chi connectivity index (χ1n) is 9.88. The van der Waals surface area contributed by atoms with Crippen LogP contribution in [0.15, 0.2) is 36.4 Å². The van der Waals surface area contributed by atoms with Crippen molar-refractivity contribution in [3.8, 4) is 11.5 Å². The molecule has 4 rings (SSSR count). The van der Waals surface area contributed by atoms with Crippen molar-refractivity contribution >= 4 is 34.8 Å². The largest absolute Gasteiger partial charge is 0.508 e. The lowest BCUT2D eigenvalue weighted by molar-refractivity contribution is -0.123. The highest BCUT2D eigenvalue weighted by atomic mass is 35.5. The molecule has 0 spiro atoms. The van der Waals surface area contributed by atoms with Crippen LogP contribution in [0.25, 0.3) is 0 Å². The van der Waals surface area contributed by atoms with E-state index >= 15 is 0 Å². The molecule has 2 aromatic rings. The monoisotopic (exact) mass is 429 g/mol. The van der Waals surface area contributed by atoms with Gasteiger partial charge in [0, 0.05) is 43.0 Å². The molecule has 2 saturated heterocycles. The average molecular weight is 430 g/mol. The first kappa shape index (κ1) is 20.5. The summed E-state index contributed by atoms with van der Waals surface area (Å²) in [4.78, 5) is 31.5. The van der Waals surface area contributed by atoms with Crippen molar-refractivity contribution in [3.05, 3.63) is 47.0 Å². The molecule has 30 heavy (non-hydrogen) atoms. The van der Waals surface area contributed by atoms with E-state index in [0.717, 1.165) is 24.3 Å². The van der Waals surface area contributed by atoms with E-state index in [1.165, 1.54) is 12.0 Å². The maximum Gasteiger partial charge on any atom is 0.251 e. The number of imide groups is 1. The maximum atomic E-state index is 13.2. The Balaban J connectivity index is 1.49. The molecule has 0 saturated carbocycles. The second kappa shape index (κ2) is 8.16. The highest BCUT2D eigenvalue weighted by molar-refractivity contribution is 6.32. The number of amides is 2. The van der Waals surface area contributed by atoms with Crippen LogP contribution in [0.2, 0.25) is 5.02 Å². The van der Waals surface area contributed by atoms with Crippen LogP contribution in [-0.2, 0) is 9.59 Å². The van der Waals surface area contributed by atoms with Gasteiger partial charge in [0.15, 0.2) is 0 Å². The molecule has 0 unspecified atom stereocenters. The Hall–Kier alpha value is -2.77. The van der Waals surface area contributed by atoms with Crippen LogP contribution in [0.1, 0.15) is 12.0 Å². The van der Waals surface area contributed by atoms with Crippen molar-refractivity contribution in [2.45, 2.75) is 19.4 Å². The third kappa shape index (κ3) is 3.70. The molecule has 1 atom stereocenters. The summed E-state index contributed by atoms with van der Waals surface area (Å²) in [5.41, 5.74) is 2.25. The number of ether oxygens (including phenoxy) is 1. The molecule has 2 amide bonds. The second-order valence-electron chi connectivity index (χ2n) is 7.60. The van der Waals surface area contributed by atoms with Crippen molar-refractivity contribution in [3.63, 3.8) is 0 Å². The van der Waals surface area contributed by atoms with E-state index in [1.807, 2.05) is 19.1 Å². The number of carbonyl (C=O) groups is 2. The van der Waals surface area contributed by atoms with Gasteiger partial charge in [0.05, 0.1) is 25.3 Å². The van der Waals surface area contributed by atoms with Gasteiger partial charge in [-0.25, -0.2) is 4.90 Å². The molecule has 2 aliphatic heterocycles. The van der Waals surface area contributed by atoms with Crippen LogP contribution in [0.4, 0.5) is 11.4 Å². The Bertz CT molecular complexity index is 971. The van der Waals surface area contributed by atoms with E-state index in [9.17, 15) is 14.7 Å². The topological polar surface area (TPSA) is 73.3 Å². The summed E-state index contributed by atoms with van der Waals surface area (Å²) in [7, 11) is 1.50. The molecule has 7 nitrogen and oxygen atoms in total. The van der Waals surface area contributed by atoms with Crippen LogP contribution >= 0.6 is 11.6 Å². The quantitative estimate of drug-likeness (QED) is 0.753. The number of benzene rings is 2. The Labute approximate surface area is 180 Å². The van der Waals surface area contributed by atoms with E-state index in [1.54, 1.807) is 24.3 Å². The van der Waals surface area contributed by atoms with Gasteiger partial charge in [-0.1, -0.05) is 11.6 Å². The molecule has 0 bridgehead atoms. The lowest BCUT2D eigenvalue weighted by Gasteiger charge is -2.38. The molecule has 0 aromatic heterocycles. The fraction of sp³-hybridized carbons (Fsp3) is 0.364. The van der Waals surface area contributed by atoms with E-state index in [0.29, 0.717) is 29.5 Å². The van der Waals surface area contributed by atoms with Crippen molar-refractivity contribution in [1.29, 1.82) is 0 Å². The Kier molecular flexibility index (Phi) is 5.58. The third-order valence-electron chi connectivity index (χ3n) is 5.79. The highest BCUT2D eigenvalue weighted by Gasteiger charge is 2.44. The van der Waals surface area contributed by atoms with Crippen LogP contribution in [0.3, 0.4) is 0 Å². The average Bonchev–Trinajstić information content (AvgIpc) is 3.04. The number of phenolic OH excluding ortho intramolecular Hbond substituents is 1. The third-order valence-corrected chi connectivity index (χ3v) is 6.20. The normalized spacial score (nSPS) is 20.2. The molecule has 158 valence electrons. The van der Waals surface area contributed by atoms with Crippen molar-refractivity contribution < 1.29 is 19.4 Å². The summed E-state index contributed by atoms with van der Waals surface area (Å²) in [6, 6.07) is 9.98. The van der Waals surface area contributed by atoms with Gasteiger partial charge in [0.2, 0.25) is 5.91 Å². The first-order chi connectivity index (χ1) is 14.4. The molecule has 2 fully saturated rings.